The molecule has 0 aliphatic heterocycles. The third kappa shape index (κ3) is 4.19. The Hall–Kier alpha value is -1.58. The zero-order valence-electron chi connectivity index (χ0n) is 12.2. The molecule has 112 valence electrons. The summed E-state index contributed by atoms with van der Waals surface area (Å²) in [4.78, 5) is 0. The summed E-state index contributed by atoms with van der Waals surface area (Å²) in [5.74, 6) is -0.0757. The molecule has 0 radical (unpaired) electrons. The van der Waals surface area contributed by atoms with E-state index in [1.807, 2.05) is 30.3 Å². The van der Waals surface area contributed by atoms with E-state index in [0.717, 1.165) is 22.6 Å². The molecule has 0 saturated heterocycles. The van der Waals surface area contributed by atoms with Gasteiger partial charge in [-0.05, 0) is 41.8 Å². The van der Waals surface area contributed by atoms with E-state index in [0.29, 0.717) is 6.54 Å². The average Bonchev–Trinajstić information content (AvgIpc) is 2.48. The molecule has 0 aromatic heterocycles. The van der Waals surface area contributed by atoms with Crippen molar-refractivity contribution < 1.29 is 9.13 Å². The van der Waals surface area contributed by atoms with Gasteiger partial charge in [0.2, 0.25) is 0 Å². The lowest BCUT2D eigenvalue weighted by Gasteiger charge is -2.18. The van der Waals surface area contributed by atoms with E-state index >= 15 is 0 Å². The van der Waals surface area contributed by atoms with Gasteiger partial charge in [-0.25, -0.2) is 4.39 Å². The minimum atomic E-state index is -0.340. The number of methoxy groups -OCH3 is 1. The summed E-state index contributed by atoms with van der Waals surface area (Å²) < 4.78 is 18.6. The number of ether oxygens (including phenoxy) is 1. The van der Waals surface area contributed by atoms with Crippen LogP contribution in [0, 0.1) is 5.82 Å². The molecule has 2 aromatic carbocycles. The Balaban J connectivity index is 2.05. The van der Waals surface area contributed by atoms with Gasteiger partial charge in [0.25, 0.3) is 0 Å². The molecule has 0 spiro atoms. The summed E-state index contributed by atoms with van der Waals surface area (Å²) in [6.07, 6.45) is 0.930. The molecule has 1 unspecified atom stereocenters. The third-order valence-electron chi connectivity index (χ3n) is 3.43. The predicted molar refractivity (Wildman–Crippen MR) is 84.3 cm³/mol. The van der Waals surface area contributed by atoms with Crippen LogP contribution in [-0.4, -0.2) is 7.11 Å². The highest BCUT2D eigenvalue weighted by molar-refractivity contribution is 6.30. The number of halogens is 2. The van der Waals surface area contributed by atoms with Gasteiger partial charge in [0.1, 0.15) is 0 Å². The number of nitrogens with one attached hydrogen (secondary N) is 1. The van der Waals surface area contributed by atoms with Gasteiger partial charge < -0.3 is 10.1 Å². The maximum absolute atomic E-state index is 13.7. The molecule has 0 amide bonds. The standard InChI is InChI=1S/C17H19ClFNO/c1-3-16(13-5-4-6-14(18)10-13)20-11-12-7-8-17(21-2)15(19)9-12/h4-10,16,20H,3,11H2,1-2H3. The van der Waals surface area contributed by atoms with Gasteiger partial charge >= 0.3 is 0 Å². The van der Waals surface area contributed by atoms with Crippen molar-refractivity contribution in [1.82, 2.24) is 5.32 Å². The quantitative estimate of drug-likeness (QED) is 0.833. The highest BCUT2D eigenvalue weighted by Gasteiger charge is 2.10. The fourth-order valence-corrected chi connectivity index (χ4v) is 2.48. The lowest BCUT2D eigenvalue weighted by Crippen LogP contribution is -2.20. The van der Waals surface area contributed by atoms with Crippen LogP contribution in [0.4, 0.5) is 4.39 Å². The van der Waals surface area contributed by atoms with Crippen molar-refractivity contribution >= 4 is 11.6 Å². The fourth-order valence-electron chi connectivity index (χ4n) is 2.28. The zero-order valence-corrected chi connectivity index (χ0v) is 13.0. The van der Waals surface area contributed by atoms with E-state index in [2.05, 4.69) is 12.2 Å². The Labute approximate surface area is 129 Å². The minimum Gasteiger partial charge on any atom is -0.494 e. The van der Waals surface area contributed by atoms with Gasteiger partial charge in [-0.15, -0.1) is 0 Å². The Bertz CT molecular complexity index is 603. The third-order valence-corrected chi connectivity index (χ3v) is 3.66. The molecule has 0 aliphatic carbocycles. The average molecular weight is 308 g/mol. The van der Waals surface area contributed by atoms with Crippen molar-refractivity contribution in [2.75, 3.05) is 7.11 Å². The highest BCUT2D eigenvalue weighted by Crippen LogP contribution is 2.22. The Morgan fingerprint density at radius 2 is 2.05 bits per heavy atom. The van der Waals surface area contributed by atoms with E-state index in [1.165, 1.54) is 13.2 Å². The SMILES string of the molecule is CCC(NCc1ccc(OC)c(F)c1)c1cccc(Cl)c1. The highest BCUT2D eigenvalue weighted by atomic mass is 35.5. The number of rotatable bonds is 6. The molecule has 0 saturated carbocycles. The van der Waals surface area contributed by atoms with Crippen molar-refractivity contribution in [3.05, 3.63) is 64.4 Å². The summed E-state index contributed by atoms with van der Waals surface area (Å²) in [6, 6.07) is 13.0. The van der Waals surface area contributed by atoms with Gasteiger partial charge in [-0.2, -0.15) is 0 Å². The molecule has 1 atom stereocenters. The molecular weight excluding hydrogens is 289 g/mol. The van der Waals surface area contributed by atoms with Crippen LogP contribution in [0.5, 0.6) is 5.75 Å². The van der Waals surface area contributed by atoms with Gasteiger partial charge in [0.05, 0.1) is 7.11 Å². The first-order chi connectivity index (χ1) is 10.1. The maximum atomic E-state index is 13.7. The lowest BCUT2D eigenvalue weighted by molar-refractivity contribution is 0.386. The van der Waals surface area contributed by atoms with Crippen LogP contribution in [0.3, 0.4) is 0 Å². The summed E-state index contributed by atoms with van der Waals surface area (Å²) >= 11 is 6.03. The summed E-state index contributed by atoms with van der Waals surface area (Å²) in [5.41, 5.74) is 2.02. The zero-order chi connectivity index (χ0) is 15.2. The lowest BCUT2D eigenvalue weighted by atomic mass is 10.0. The van der Waals surface area contributed by atoms with Gasteiger partial charge in [0, 0.05) is 17.6 Å². The first kappa shape index (κ1) is 15.8. The van der Waals surface area contributed by atoms with Crippen LogP contribution in [0.2, 0.25) is 5.02 Å². The first-order valence-corrected chi connectivity index (χ1v) is 7.33. The van der Waals surface area contributed by atoms with Crippen molar-refractivity contribution in [1.29, 1.82) is 0 Å². The van der Waals surface area contributed by atoms with Crippen LogP contribution in [-0.2, 0) is 6.54 Å². The summed E-state index contributed by atoms with van der Waals surface area (Å²) in [7, 11) is 1.46. The largest absolute Gasteiger partial charge is 0.494 e. The number of hydrogen-bond acceptors (Lipinski definition) is 2. The Kier molecular flexibility index (Phi) is 5.59. The summed E-state index contributed by atoms with van der Waals surface area (Å²) in [5, 5.41) is 4.15. The second-order valence-electron chi connectivity index (χ2n) is 4.87. The van der Waals surface area contributed by atoms with Gasteiger partial charge in [-0.1, -0.05) is 36.7 Å². The van der Waals surface area contributed by atoms with Crippen molar-refractivity contribution in [2.45, 2.75) is 25.9 Å². The van der Waals surface area contributed by atoms with Gasteiger partial charge in [0.15, 0.2) is 11.6 Å². The molecule has 2 rings (SSSR count). The van der Waals surface area contributed by atoms with Crippen LogP contribution in [0.15, 0.2) is 42.5 Å². The van der Waals surface area contributed by atoms with Crippen molar-refractivity contribution in [3.63, 3.8) is 0 Å². The van der Waals surface area contributed by atoms with Crippen LogP contribution < -0.4 is 10.1 Å². The molecule has 0 aliphatic rings. The van der Waals surface area contributed by atoms with E-state index < -0.39 is 0 Å². The second kappa shape index (κ2) is 7.43. The van der Waals surface area contributed by atoms with E-state index in [9.17, 15) is 4.39 Å². The summed E-state index contributed by atoms with van der Waals surface area (Å²) in [6.45, 7) is 2.69. The van der Waals surface area contributed by atoms with E-state index in [4.69, 9.17) is 16.3 Å². The maximum Gasteiger partial charge on any atom is 0.165 e. The second-order valence-corrected chi connectivity index (χ2v) is 5.30. The first-order valence-electron chi connectivity index (χ1n) is 6.95. The molecule has 1 N–H and O–H groups in total. The molecule has 0 fully saturated rings. The van der Waals surface area contributed by atoms with Gasteiger partial charge in [-0.3, -0.25) is 0 Å². The van der Waals surface area contributed by atoms with E-state index in [1.54, 1.807) is 6.07 Å². The Morgan fingerprint density at radius 1 is 1.24 bits per heavy atom. The fraction of sp³-hybridized carbons (Fsp3) is 0.294. The smallest absolute Gasteiger partial charge is 0.165 e. The topological polar surface area (TPSA) is 21.3 Å². The predicted octanol–water partition coefficient (Wildman–Crippen LogP) is 4.73. The van der Waals surface area contributed by atoms with Crippen molar-refractivity contribution in [2.24, 2.45) is 0 Å². The van der Waals surface area contributed by atoms with Crippen LogP contribution in [0.1, 0.15) is 30.5 Å². The van der Waals surface area contributed by atoms with Crippen LogP contribution >= 0.6 is 11.6 Å². The van der Waals surface area contributed by atoms with Crippen LogP contribution in [0.25, 0.3) is 0 Å². The molecule has 2 aromatic rings. The molecule has 0 bridgehead atoms. The molecule has 21 heavy (non-hydrogen) atoms. The minimum absolute atomic E-state index is 0.189. The number of hydrogen-bond donors (Lipinski definition) is 1. The number of benzene rings is 2. The molecular formula is C17H19ClFNO. The monoisotopic (exact) mass is 307 g/mol. The molecule has 4 heteroatoms. The molecule has 0 heterocycles. The normalized spacial score (nSPS) is 12.2. The molecule has 2 nitrogen and oxygen atoms in total. The van der Waals surface area contributed by atoms with Crippen molar-refractivity contribution in [3.8, 4) is 5.75 Å². The Morgan fingerprint density at radius 3 is 2.67 bits per heavy atom. The van der Waals surface area contributed by atoms with E-state index in [-0.39, 0.29) is 17.6 Å².